The van der Waals surface area contributed by atoms with Crippen LogP contribution in [0.1, 0.15) is 56.8 Å². The van der Waals surface area contributed by atoms with Crippen LogP contribution in [0.2, 0.25) is 0 Å². The summed E-state index contributed by atoms with van der Waals surface area (Å²) in [5, 5.41) is 12.7. The fourth-order valence-corrected chi connectivity index (χ4v) is 3.14. The van der Waals surface area contributed by atoms with Gasteiger partial charge in [-0.3, -0.25) is 4.79 Å². The fourth-order valence-electron chi connectivity index (χ4n) is 3.14. The van der Waals surface area contributed by atoms with Crippen molar-refractivity contribution < 1.29 is 38.1 Å². The minimum absolute atomic E-state index is 0.00926. The number of nitrogens with one attached hydrogen (secondary N) is 1. The monoisotopic (exact) mass is 507 g/mol. The maximum atomic E-state index is 12.4. The normalized spacial score (nSPS) is 11.5. The molecule has 0 saturated carbocycles. The molecule has 0 aliphatic heterocycles. The molecular formula is C26H37NO9. The molecule has 0 atom stereocenters. The van der Waals surface area contributed by atoms with E-state index in [9.17, 15) is 19.5 Å². The molecule has 0 spiro atoms. The Balaban J connectivity index is 1.43. The number of carbonyl (C=O) groups is 2. The van der Waals surface area contributed by atoms with E-state index in [4.69, 9.17) is 23.4 Å². The van der Waals surface area contributed by atoms with Crippen LogP contribution in [0.3, 0.4) is 0 Å². The van der Waals surface area contributed by atoms with Crippen LogP contribution in [0.25, 0.3) is 11.0 Å². The number of hydrogen-bond donors (Lipinski definition) is 2. The van der Waals surface area contributed by atoms with Crippen molar-refractivity contribution in [2.45, 2.75) is 52.1 Å². The minimum atomic E-state index is -0.701. The largest absolute Gasteiger partial charge is 0.508 e. The lowest BCUT2D eigenvalue weighted by atomic mass is 10.1. The number of ketones is 1. The Hall–Kier alpha value is -2.95. The van der Waals surface area contributed by atoms with Crippen LogP contribution in [-0.2, 0) is 18.9 Å². The van der Waals surface area contributed by atoms with Gasteiger partial charge in [-0.05, 0) is 58.2 Å². The van der Waals surface area contributed by atoms with Gasteiger partial charge in [0.15, 0.2) is 5.78 Å². The second-order valence-electron chi connectivity index (χ2n) is 9.17. The summed E-state index contributed by atoms with van der Waals surface area (Å²) in [6.07, 6.45) is 1.74. The first-order valence-electron chi connectivity index (χ1n) is 12.2. The molecule has 0 unspecified atom stereocenters. The van der Waals surface area contributed by atoms with Crippen molar-refractivity contribution in [1.29, 1.82) is 0 Å². The van der Waals surface area contributed by atoms with Gasteiger partial charge in [0.05, 0.1) is 26.4 Å². The molecule has 0 aliphatic rings. The first kappa shape index (κ1) is 29.3. The van der Waals surface area contributed by atoms with Crippen LogP contribution in [0, 0.1) is 0 Å². The molecule has 0 aliphatic carbocycles. The number of phenolic OH excluding ortho intramolecular Hbond substituents is 1. The number of unbranched alkanes of at least 4 members (excludes halogenated alkanes) is 1. The van der Waals surface area contributed by atoms with Crippen molar-refractivity contribution in [2.75, 3.05) is 46.2 Å². The number of phenols is 1. The van der Waals surface area contributed by atoms with Gasteiger partial charge in [0, 0.05) is 37.6 Å². The molecule has 2 aromatic rings. The number of carbonyl (C=O) groups excluding carboxylic acids is 2. The van der Waals surface area contributed by atoms with Crippen LogP contribution in [-0.4, -0.2) is 68.8 Å². The molecule has 0 saturated heterocycles. The van der Waals surface area contributed by atoms with Crippen molar-refractivity contribution in [3.8, 4) is 5.75 Å². The summed E-state index contributed by atoms with van der Waals surface area (Å²) in [5.41, 5.74) is -0.949. The third kappa shape index (κ3) is 11.7. The van der Waals surface area contributed by atoms with Gasteiger partial charge >= 0.3 is 11.7 Å². The predicted molar refractivity (Wildman–Crippen MR) is 134 cm³/mol. The van der Waals surface area contributed by atoms with Crippen LogP contribution < -0.4 is 10.9 Å². The van der Waals surface area contributed by atoms with E-state index in [0.29, 0.717) is 70.8 Å². The van der Waals surface area contributed by atoms with E-state index in [-0.39, 0.29) is 29.1 Å². The summed E-state index contributed by atoms with van der Waals surface area (Å²) >= 11 is 0. The average Bonchev–Trinajstić information content (AvgIpc) is 2.79. The van der Waals surface area contributed by atoms with Gasteiger partial charge in [-0.25, -0.2) is 9.59 Å². The molecule has 10 nitrogen and oxygen atoms in total. The molecule has 0 radical (unpaired) electrons. The molecule has 2 rings (SSSR count). The average molecular weight is 508 g/mol. The Labute approximate surface area is 210 Å². The maximum absolute atomic E-state index is 12.4. The van der Waals surface area contributed by atoms with Crippen molar-refractivity contribution in [3.63, 3.8) is 0 Å². The first-order valence-corrected chi connectivity index (χ1v) is 12.2. The fraction of sp³-hybridized carbons (Fsp3) is 0.577. The number of benzene rings is 1. The Morgan fingerprint density at radius 3 is 2.22 bits per heavy atom. The molecule has 10 heteroatoms. The Kier molecular flexibility index (Phi) is 12.4. The van der Waals surface area contributed by atoms with Crippen LogP contribution >= 0.6 is 0 Å². The molecule has 1 amide bonds. The van der Waals surface area contributed by atoms with Gasteiger partial charge in [0.25, 0.3) is 0 Å². The Morgan fingerprint density at radius 2 is 1.56 bits per heavy atom. The standard InChI is InChI=1S/C26H37NO9/c1-26(2,3)36-25(31)27-10-6-12-33-14-16-34-15-13-32-11-5-4-7-22(29)21-17-19-8-9-20(28)18-23(19)35-24(21)30/h8-9,17-18,28H,4-7,10-16H2,1-3H3,(H,27,31). The minimum Gasteiger partial charge on any atom is -0.508 e. The lowest BCUT2D eigenvalue weighted by molar-refractivity contribution is 0.0133. The van der Waals surface area contributed by atoms with Crippen molar-refractivity contribution in [3.05, 3.63) is 40.2 Å². The summed E-state index contributed by atoms with van der Waals surface area (Å²) in [4.78, 5) is 35.9. The highest BCUT2D eigenvalue weighted by Gasteiger charge is 2.15. The summed E-state index contributed by atoms with van der Waals surface area (Å²) < 4.78 is 26.7. The highest BCUT2D eigenvalue weighted by Crippen LogP contribution is 2.20. The second-order valence-corrected chi connectivity index (χ2v) is 9.17. The maximum Gasteiger partial charge on any atom is 0.407 e. The van der Waals surface area contributed by atoms with Gasteiger partial charge < -0.3 is 33.8 Å². The van der Waals surface area contributed by atoms with Gasteiger partial charge in [0.1, 0.15) is 22.5 Å². The number of alkyl carbamates (subject to hydrolysis) is 1. The Bertz CT molecular complexity index is 1030. The highest BCUT2D eigenvalue weighted by molar-refractivity contribution is 5.98. The number of ether oxygens (including phenoxy) is 4. The molecular weight excluding hydrogens is 470 g/mol. The third-order valence-electron chi connectivity index (χ3n) is 4.84. The van der Waals surface area contributed by atoms with Crippen molar-refractivity contribution in [2.24, 2.45) is 0 Å². The number of fused-ring (bicyclic) bond motifs is 1. The van der Waals surface area contributed by atoms with Crippen LogP contribution in [0.5, 0.6) is 5.75 Å². The van der Waals surface area contributed by atoms with Gasteiger partial charge in [0.2, 0.25) is 0 Å². The smallest absolute Gasteiger partial charge is 0.407 e. The predicted octanol–water partition coefficient (Wildman–Crippen LogP) is 3.82. The van der Waals surface area contributed by atoms with Gasteiger partial charge in [-0.15, -0.1) is 0 Å². The highest BCUT2D eigenvalue weighted by atomic mass is 16.6. The van der Waals surface area contributed by atoms with Gasteiger partial charge in [-0.2, -0.15) is 0 Å². The molecule has 0 fully saturated rings. The lowest BCUT2D eigenvalue weighted by Crippen LogP contribution is -2.33. The van der Waals surface area contributed by atoms with E-state index in [2.05, 4.69) is 5.32 Å². The number of rotatable bonds is 16. The lowest BCUT2D eigenvalue weighted by Gasteiger charge is -2.19. The summed E-state index contributed by atoms with van der Waals surface area (Å²) in [6, 6.07) is 5.91. The summed E-state index contributed by atoms with van der Waals surface area (Å²) in [6.45, 7) is 8.71. The van der Waals surface area contributed by atoms with E-state index >= 15 is 0 Å². The summed E-state index contributed by atoms with van der Waals surface area (Å²) in [7, 11) is 0. The quantitative estimate of drug-likeness (QED) is 0.198. The van der Waals surface area contributed by atoms with E-state index in [1.54, 1.807) is 6.07 Å². The zero-order valence-corrected chi connectivity index (χ0v) is 21.3. The molecule has 1 aromatic carbocycles. The number of aromatic hydroxyl groups is 1. The van der Waals surface area contributed by atoms with E-state index in [1.165, 1.54) is 18.2 Å². The van der Waals surface area contributed by atoms with Crippen LogP contribution in [0.15, 0.2) is 33.5 Å². The topological polar surface area (TPSA) is 134 Å². The Morgan fingerprint density at radius 1 is 0.917 bits per heavy atom. The van der Waals surface area contributed by atoms with E-state index in [0.717, 1.165) is 0 Å². The number of Topliss-reactive ketones (excluding diaryl/α,β-unsaturated/α-hetero) is 1. The van der Waals surface area contributed by atoms with Crippen LogP contribution in [0.4, 0.5) is 4.79 Å². The zero-order valence-electron chi connectivity index (χ0n) is 21.3. The molecule has 200 valence electrons. The summed E-state index contributed by atoms with van der Waals surface area (Å²) in [5.74, 6) is -0.285. The van der Waals surface area contributed by atoms with Crippen molar-refractivity contribution in [1.82, 2.24) is 5.32 Å². The molecule has 1 heterocycles. The van der Waals surface area contributed by atoms with Gasteiger partial charge in [-0.1, -0.05) is 0 Å². The number of hydrogen-bond acceptors (Lipinski definition) is 9. The van der Waals surface area contributed by atoms with Crippen molar-refractivity contribution >= 4 is 22.8 Å². The molecule has 1 aromatic heterocycles. The molecule has 0 bridgehead atoms. The van der Waals surface area contributed by atoms with E-state index in [1.807, 2.05) is 20.8 Å². The zero-order chi connectivity index (χ0) is 26.4. The molecule has 2 N–H and O–H groups in total. The number of amides is 1. The van der Waals surface area contributed by atoms with E-state index < -0.39 is 17.3 Å². The molecule has 36 heavy (non-hydrogen) atoms. The second kappa shape index (κ2) is 15.2. The third-order valence-corrected chi connectivity index (χ3v) is 4.84. The SMILES string of the molecule is CC(C)(C)OC(=O)NCCCOCCOCCOCCCCC(=O)c1cc2ccc(O)cc2oc1=O. The first-order chi connectivity index (χ1) is 17.2.